The molecular formula is C13H17ClO2. The lowest BCUT2D eigenvalue weighted by Gasteiger charge is -2.35. The summed E-state index contributed by atoms with van der Waals surface area (Å²) in [5.74, 6) is 0. The van der Waals surface area contributed by atoms with E-state index in [1.54, 1.807) is 0 Å². The van der Waals surface area contributed by atoms with Crippen LogP contribution in [0.4, 0.5) is 0 Å². The largest absolute Gasteiger partial charge is 0.389 e. The lowest BCUT2D eigenvalue weighted by atomic mass is 9.85. The van der Waals surface area contributed by atoms with Gasteiger partial charge in [-0.2, -0.15) is 0 Å². The quantitative estimate of drug-likeness (QED) is 0.862. The van der Waals surface area contributed by atoms with Crippen LogP contribution in [0.25, 0.3) is 0 Å². The topological polar surface area (TPSA) is 29.5 Å². The van der Waals surface area contributed by atoms with Crippen molar-refractivity contribution in [3.8, 4) is 0 Å². The van der Waals surface area contributed by atoms with Gasteiger partial charge in [-0.1, -0.05) is 29.8 Å². The number of halogens is 1. The van der Waals surface area contributed by atoms with Crippen molar-refractivity contribution >= 4 is 11.6 Å². The Bertz CT molecular complexity index is 367. The highest BCUT2D eigenvalue weighted by molar-refractivity contribution is 6.31. The first-order valence-corrected chi connectivity index (χ1v) is 6.04. The van der Waals surface area contributed by atoms with Gasteiger partial charge in [-0.3, -0.25) is 0 Å². The first-order valence-electron chi connectivity index (χ1n) is 5.66. The minimum atomic E-state index is -0.664. The van der Waals surface area contributed by atoms with E-state index in [2.05, 4.69) is 0 Å². The Morgan fingerprint density at radius 3 is 2.94 bits per heavy atom. The minimum absolute atomic E-state index is 0.126. The molecule has 0 spiro atoms. The van der Waals surface area contributed by atoms with Crippen molar-refractivity contribution in [2.24, 2.45) is 0 Å². The smallest absolute Gasteiger partial charge is 0.0734 e. The molecule has 16 heavy (non-hydrogen) atoms. The molecule has 1 N–H and O–H groups in total. The van der Waals surface area contributed by atoms with Crippen LogP contribution in [0.5, 0.6) is 0 Å². The lowest BCUT2D eigenvalue weighted by molar-refractivity contribution is -0.0961. The zero-order chi connectivity index (χ0) is 11.6. The number of benzene rings is 1. The van der Waals surface area contributed by atoms with Crippen LogP contribution in [0.2, 0.25) is 5.02 Å². The summed E-state index contributed by atoms with van der Waals surface area (Å²) in [6.07, 6.45) is 2.10. The molecule has 1 aliphatic rings. The summed E-state index contributed by atoms with van der Waals surface area (Å²) in [6, 6.07) is 7.69. The molecule has 0 aliphatic carbocycles. The van der Waals surface area contributed by atoms with Gasteiger partial charge >= 0.3 is 0 Å². The van der Waals surface area contributed by atoms with E-state index in [9.17, 15) is 5.11 Å². The molecule has 0 aromatic heterocycles. The van der Waals surface area contributed by atoms with Crippen molar-refractivity contribution in [1.29, 1.82) is 0 Å². The monoisotopic (exact) mass is 240 g/mol. The molecule has 0 radical (unpaired) electrons. The van der Waals surface area contributed by atoms with Crippen molar-refractivity contribution in [2.75, 3.05) is 6.61 Å². The third-order valence-corrected chi connectivity index (χ3v) is 3.48. The van der Waals surface area contributed by atoms with Gasteiger partial charge in [0, 0.05) is 24.5 Å². The van der Waals surface area contributed by atoms with Crippen LogP contribution in [-0.4, -0.2) is 23.4 Å². The van der Waals surface area contributed by atoms with E-state index < -0.39 is 5.60 Å². The Balaban J connectivity index is 2.11. The molecule has 2 rings (SSSR count). The molecule has 1 saturated heterocycles. The molecule has 88 valence electrons. The average Bonchev–Trinajstić information content (AvgIpc) is 2.21. The average molecular weight is 241 g/mol. The number of ether oxygens (including phenoxy) is 1. The standard InChI is InChI=1S/C13H17ClO2/c1-10-8-13(15,6-7-16-10)9-11-4-2-3-5-12(11)14/h2-5,10,15H,6-9H2,1H3. The van der Waals surface area contributed by atoms with Gasteiger partial charge < -0.3 is 9.84 Å². The molecule has 2 unspecified atom stereocenters. The molecule has 2 atom stereocenters. The van der Waals surface area contributed by atoms with Crippen LogP contribution in [0.3, 0.4) is 0 Å². The molecule has 0 saturated carbocycles. The Labute approximate surface area is 101 Å². The predicted octanol–water partition coefficient (Wildman–Crippen LogP) is 2.81. The Morgan fingerprint density at radius 2 is 2.25 bits per heavy atom. The van der Waals surface area contributed by atoms with Crippen LogP contribution >= 0.6 is 11.6 Å². The number of rotatable bonds is 2. The van der Waals surface area contributed by atoms with Crippen LogP contribution in [0.1, 0.15) is 25.3 Å². The van der Waals surface area contributed by atoms with Crippen LogP contribution in [-0.2, 0) is 11.2 Å². The maximum Gasteiger partial charge on any atom is 0.0734 e. The normalized spacial score (nSPS) is 30.3. The summed E-state index contributed by atoms with van der Waals surface area (Å²) in [5, 5.41) is 11.2. The zero-order valence-electron chi connectivity index (χ0n) is 9.45. The number of hydrogen-bond acceptors (Lipinski definition) is 2. The summed E-state index contributed by atoms with van der Waals surface area (Å²) in [7, 11) is 0. The van der Waals surface area contributed by atoms with E-state index in [1.165, 1.54) is 0 Å². The van der Waals surface area contributed by atoms with E-state index >= 15 is 0 Å². The molecule has 1 aromatic carbocycles. The SMILES string of the molecule is CC1CC(O)(Cc2ccccc2Cl)CCO1. The lowest BCUT2D eigenvalue weighted by Crippen LogP contribution is -2.41. The fourth-order valence-corrected chi connectivity index (χ4v) is 2.51. The van der Waals surface area contributed by atoms with Gasteiger partial charge in [0.1, 0.15) is 0 Å². The summed E-state index contributed by atoms with van der Waals surface area (Å²) in [6.45, 7) is 2.62. The van der Waals surface area contributed by atoms with Crippen molar-refractivity contribution < 1.29 is 9.84 Å². The van der Waals surface area contributed by atoms with Crippen LogP contribution in [0.15, 0.2) is 24.3 Å². The van der Waals surface area contributed by atoms with Crippen molar-refractivity contribution in [3.05, 3.63) is 34.9 Å². The van der Waals surface area contributed by atoms with Crippen molar-refractivity contribution in [2.45, 2.75) is 37.9 Å². The second kappa shape index (κ2) is 4.74. The molecule has 0 bridgehead atoms. The van der Waals surface area contributed by atoms with E-state index in [-0.39, 0.29) is 6.10 Å². The van der Waals surface area contributed by atoms with Gasteiger partial charge in [-0.05, 0) is 25.0 Å². The van der Waals surface area contributed by atoms with E-state index in [4.69, 9.17) is 16.3 Å². The van der Waals surface area contributed by atoms with Gasteiger partial charge in [-0.25, -0.2) is 0 Å². The first-order chi connectivity index (χ1) is 7.59. The van der Waals surface area contributed by atoms with Crippen LogP contribution in [0, 0.1) is 0 Å². The summed E-state index contributed by atoms with van der Waals surface area (Å²) in [5.41, 5.74) is 0.351. The van der Waals surface area contributed by atoms with E-state index in [0.29, 0.717) is 25.9 Å². The third kappa shape index (κ3) is 2.76. The van der Waals surface area contributed by atoms with Crippen molar-refractivity contribution in [3.63, 3.8) is 0 Å². The second-order valence-electron chi connectivity index (χ2n) is 4.63. The zero-order valence-corrected chi connectivity index (χ0v) is 10.2. The van der Waals surface area contributed by atoms with E-state index in [1.807, 2.05) is 31.2 Å². The number of hydrogen-bond donors (Lipinski definition) is 1. The maximum absolute atomic E-state index is 10.5. The molecule has 1 fully saturated rings. The van der Waals surface area contributed by atoms with Crippen molar-refractivity contribution in [1.82, 2.24) is 0 Å². The maximum atomic E-state index is 10.5. The molecule has 0 amide bonds. The molecule has 3 heteroatoms. The van der Waals surface area contributed by atoms with Gasteiger partial charge in [0.15, 0.2) is 0 Å². The second-order valence-corrected chi connectivity index (χ2v) is 5.04. The minimum Gasteiger partial charge on any atom is -0.389 e. The van der Waals surface area contributed by atoms with Gasteiger partial charge in [-0.15, -0.1) is 0 Å². The van der Waals surface area contributed by atoms with Gasteiger partial charge in [0.05, 0.1) is 11.7 Å². The fraction of sp³-hybridized carbons (Fsp3) is 0.538. The first kappa shape index (κ1) is 11.9. The molecule has 1 aliphatic heterocycles. The van der Waals surface area contributed by atoms with E-state index in [0.717, 1.165) is 10.6 Å². The predicted molar refractivity (Wildman–Crippen MR) is 64.8 cm³/mol. The highest BCUT2D eigenvalue weighted by Gasteiger charge is 2.33. The summed E-state index contributed by atoms with van der Waals surface area (Å²) >= 11 is 6.10. The van der Waals surface area contributed by atoms with Gasteiger partial charge in [0.2, 0.25) is 0 Å². The molecule has 2 nitrogen and oxygen atoms in total. The molecule has 1 heterocycles. The fourth-order valence-electron chi connectivity index (χ4n) is 2.30. The highest BCUT2D eigenvalue weighted by Crippen LogP contribution is 2.30. The highest BCUT2D eigenvalue weighted by atomic mass is 35.5. The summed E-state index contributed by atoms with van der Waals surface area (Å²) < 4.78 is 5.45. The number of aliphatic hydroxyl groups is 1. The molecular weight excluding hydrogens is 224 g/mol. The Hall–Kier alpha value is -0.570. The molecule has 1 aromatic rings. The Kier molecular flexibility index (Phi) is 3.53. The Morgan fingerprint density at radius 1 is 1.50 bits per heavy atom. The summed E-state index contributed by atoms with van der Waals surface area (Å²) in [4.78, 5) is 0. The van der Waals surface area contributed by atoms with Crippen LogP contribution < -0.4 is 0 Å². The third-order valence-electron chi connectivity index (χ3n) is 3.11. The van der Waals surface area contributed by atoms with Gasteiger partial charge in [0.25, 0.3) is 0 Å².